The summed E-state index contributed by atoms with van der Waals surface area (Å²) in [6.07, 6.45) is 4.01. The first-order valence-corrected chi connectivity index (χ1v) is 7.04. The predicted octanol–water partition coefficient (Wildman–Crippen LogP) is 3.89. The van der Waals surface area contributed by atoms with Crippen molar-refractivity contribution in [2.75, 3.05) is 26.2 Å². The summed E-state index contributed by atoms with van der Waals surface area (Å²) in [6, 6.07) is 5.53. The molecule has 1 aliphatic heterocycles. The number of allylic oxidation sites excluding steroid dienone is 1. The third-order valence-corrected chi connectivity index (χ3v) is 3.83. The first-order chi connectivity index (χ1) is 9.22. The maximum absolute atomic E-state index is 13.3. The molecule has 0 radical (unpaired) electrons. The number of nitrogens with one attached hydrogen (secondary N) is 1. The molecule has 0 saturated carbocycles. The Bertz CT molecular complexity index is 434. The molecule has 1 saturated heterocycles. The SMILES string of the molecule is C=CCC[C@@H](c1ccc(F)cc1C)N1CCNCC1.Cl.Cl. The van der Waals surface area contributed by atoms with Gasteiger partial charge in [-0.15, -0.1) is 31.4 Å². The van der Waals surface area contributed by atoms with E-state index in [2.05, 4.69) is 16.8 Å². The van der Waals surface area contributed by atoms with E-state index < -0.39 is 0 Å². The highest BCUT2D eigenvalue weighted by atomic mass is 35.5. The molecule has 0 aromatic heterocycles. The molecule has 21 heavy (non-hydrogen) atoms. The predicted molar refractivity (Wildman–Crippen MR) is 92.2 cm³/mol. The van der Waals surface area contributed by atoms with Crippen LogP contribution < -0.4 is 5.32 Å². The lowest BCUT2D eigenvalue weighted by Crippen LogP contribution is -2.45. The van der Waals surface area contributed by atoms with Crippen LogP contribution >= 0.6 is 24.8 Å². The van der Waals surface area contributed by atoms with Crippen molar-refractivity contribution in [3.63, 3.8) is 0 Å². The molecule has 2 nitrogen and oxygen atoms in total. The average Bonchev–Trinajstić information content (AvgIpc) is 2.42. The van der Waals surface area contributed by atoms with Gasteiger partial charge in [-0.05, 0) is 43.0 Å². The van der Waals surface area contributed by atoms with Gasteiger partial charge in [0.15, 0.2) is 0 Å². The van der Waals surface area contributed by atoms with Crippen LogP contribution in [0.4, 0.5) is 4.39 Å². The Kier molecular flexibility index (Phi) is 9.88. The minimum absolute atomic E-state index is 0. The molecule has 1 aliphatic rings. The van der Waals surface area contributed by atoms with Crippen molar-refractivity contribution < 1.29 is 4.39 Å². The lowest BCUT2D eigenvalue weighted by atomic mass is 9.95. The van der Waals surface area contributed by atoms with E-state index in [-0.39, 0.29) is 30.6 Å². The van der Waals surface area contributed by atoms with E-state index >= 15 is 0 Å². The zero-order valence-electron chi connectivity index (χ0n) is 12.5. The van der Waals surface area contributed by atoms with Crippen molar-refractivity contribution in [1.82, 2.24) is 10.2 Å². The topological polar surface area (TPSA) is 15.3 Å². The van der Waals surface area contributed by atoms with Gasteiger partial charge in [0.2, 0.25) is 0 Å². The summed E-state index contributed by atoms with van der Waals surface area (Å²) in [4.78, 5) is 2.50. The molecule has 120 valence electrons. The monoisotopic (exact) mass is 334 g/mol. The van der Waals surface area contributed by atoms with E-state index in [9.17, 15) is 4.39 Å². The normalized spacial score (nSPS) is 16.5. The quantitative estimate of drug-likeness (QED) is 0.822. The van der Waals surface area contributed by atoms with Gasteiger partial charge in [-0.2, -0.15) is 0 Å². The highest BCUT2D eigenvalue weighted by Crippen LogP contribution is 2.29. The summed E-state index contributed by atoms with van der Waals surface area (Å²) in [7, 11) is 0. The third kappa shape index (κ3) is 5.59. The minimum atomic E-state index is -0.149. The van der Waals surface area contributed by atoms with Crippen molar-refractivity contribution in [3.8, 4) is 0 Å². The fraction of sp³-hybridized carbons (Fsp3) is 0.500. The zero-order chi connectivity index (χ0) is 13.7. The van der Waals surface area contributed by atoms with Gasteiger partial charge in [-0.25, -0.2) is 4.39 Å². The van der Waals surface area contributed by atoms with Gasteiger partial charge in [0.25, 0.3) is 0 Å². The molecular formula is C16H25Cl2FN2. The first-order valence-electron chi connectivity index (χ1n) is 7.04. The maximum Gasteiger partial charge on any atom is 0.123 e. The number of benzene rings is 1. The highest BCUT2D eigenvalue weighted by Gasteiger charge is 2.22. The summed E-state index contributed by atoms with van der Waals surface area (Å²) < 4.78 is 13.3. The van der Waals surface area contributed by atoms with Crippen molar-refractivity contribution in [1.29, 1.82) is 0 Å². The van der Waals surface area contributed by atoms with Crippen molar-refractivity contribution >= 4 is 24.8 Å². The molecule has 0 amide bonds. The van der Waals surface area contributed by atoms with Crippen LogP contribution in [-0.2, 0) is 0 Å². The highest BCUT2D eigenvalue weighted by molar-refractivity contribution is 5.85. The lowest BCUT2D eigenvalue weighted by Gasteiger charge is -2.36. The van der Waals surface area contributed by atoms with Gasteiger partial charge in [-0.3, -0.25) is 4.90 Å². The number of nitrogens with zero attached hydrogens (tertiary/aromatic N) is 1. The number of aryl methyl sites for hydroxylation is 1. The van der Waals surface area contributed by atoms with Crippen LogP contribution in [0.3, 0.4) is 0 Å². The second-order valence-corrected chi connectivity index (χ2v) is 5.17. The molecular weight excluding hydrogens is 310 g/mol. The second kappa shape index (κ2) is 10.2. The van der Waals surface area contributed by atoms with E-state index in [0.29, 0.717) is 6.04 Å². The molecule has 1 N–H and O–H groups in total. The Labute approximate surface area is 139 Å². The standard InChI is InChI=1S/C16H23FN2.2ClH/c1-3-4-5-16(19-10-8-18-9-11-19)15-7-6-14(17)12-13(15)2;;/h3,6-7,12,16,18H,1,4-5,8-11H2,2H3;2*1H/t16-;;/m0../s1. The fourth-order valence-corrected chi connectivity index (χ4v) is 2.82. The number of piperazine rings is 1. The summed E-state index contributed by atoms with van der Waals surface area (Å²) in [6.45, 7) is 9.99. The Morgan fingerprint density at radius 1 is 1.33 bits per heavy atom. The van der Waals surface area contributed by atoms with Gasteiger partial charge < -0.3 is 5.32 Å². The van der Waals surface area contributed by atoms with Crippen LogP contribution in [0.15, 0.2) is 30.9 Å². The largest absolute Gasteiger partial charge is 0.314 e. The van der Waals surface area contributed by atoms with Crippen molar-refractivity contribution in [3.05, 3.63) is 47.8 Å². The van der Waals surface area contributed by atoms with Gasteiger partial charge in [0, 0.05) is 32.2 Å². The summed E-state index contributed by atoms with van der Waals surface area (Å²) in [5.74, 6) is -0.149. The van der Waals surface area contributed by atoms with Crippen LogP contribution in [0, 0.1) is 12.7 Å². The molecule has 0 bridgehead atoms. The zero-order valence-corrected chi connectivity index (χ0v) is 14.1. The molecule has 2 rings (SSSR count). The minimum Gasteiger partial charge on any atom is -0.314 e. The Balaban J connectivity index is 0.00000200. The maximum atomic E-state index is 13.3. The Morgan fingerprint density at radius 3 is 2.57 bits per heavy atom. The number of rotatable bonds is 5. The van der Waals surface area contributed by atoms with Crippen LogP contribution in [0.25, 0.3) is 0 Å². The van der Waals surface area contributed by atoms with Gasteiger partial charge in [-0.1, -0.05) is 12.1 Å². The van der Waals surface area contributed by atoms with Gasteiger partial charge >= 0.3 is 0 Å². The third-order valence-electron chi connectivity index (χ3n) is 3.83. The van der Waals surface area contributed by atoms with Crippen LogP contribution in [-0.4, -0.2) is 31.1 Å². The molecule has 1 fully saturated rings. The smallest absolute Gasteiger partial charge is 0.123 e. The molecule has 0 spiro atoms. The average molecular weight is 335 g/mol. The first kappa shape index (κ1) is 20.4. The van der Waals surface area contributed by atoms with E-state index in [1.807, 2.05) is 19.1 Å². The van der Waals surface area contributed by atoms with E-state index in [1.54, 1.807) is 12.1 Å². The van der Waals surface area contributed by atoms with Gasteiger partial charge in [0.1, 0.15) is 5.82 Å². The molecule has 1 heterocycles. The summed E-state index contributed by atoms with van der Waals surface area (Å²) in [5, 5.41) is 3.38. The van der Waals surface area contributed by atoms with Crippen LogP contribution in [0.5, 0.6) is 0 Å². The Morgan fingerprint density at radius 2 is 2.00 bits per heavy atom. The summed E-state index contributed by atoms with van der Waals surface area (Å²) >= 11 is 0. The summed E-state index contributed by atoms with van der Waals surface area (Å²) in [5.41, 5.74) is 2.30. The lowest BCUT2D eigenvalue weighted by molar-refractivity contribution is 0.165. The molecule has 0 unspecified atom stereocenters. The number of halogens is 3. The number of hydrogen-bond acceptors (Lipinski definition) is 2. The number of hydrogen-bond donors (Lipinski definition) is 1. The van der Waals surface area contributed by atoms with Crippen LogP contribution in [0.1, 0.15) is 30.0 Å². The van der Waals surface area contributed by atoms with Crippen LogP contribution in [0.2, 0.25) is 0 Å². The van der Waals surface area contributed by atoms with E-state index in [1.165, 1.54) is 5.56 Å². The molecule has 0 aliphatic carbocycles. The molecule has 1 atom stereocenters. The fourth-order valence-electron chi connectivity index (χ4n) is 2.82. The van der Waals surface area contributed by atoms with Gasteiger partial charge in [0.05, 0.1) is 0 Å². The molecule has 5 heteroatoms. The second-order valence-electron chi connectivity index (χ2n) is 5.17. The van der Waals surface area contributed by atoms with Crippen molar-refractivity contribution in [2.24, 2.45) is 0 Å². The van der Waals surface area contributed by atoms with E-state index in [0.717, 1.165) is 44.6 Å². The van der Waals surface area contributed by atoms with Crippen molar-refractivity contribution in [2.45, 2.75) is 25.8 Å². The molecule has 1 aromatic rings. The Hall–Kier alpha value is -0.610. The van der Waals surface area contributed by atoms with E-state index in [4.69, 9.17) is 0 Å². The molecule has 1 aromatic carbocycles.